The second kappa shape index (κ2) is 9.91. The van der Waals surface area contributed by atoms with Crippen molar-refractivity contribution in [1.29, 1.82) is 0 Å². The summed E-state index contributed by atoms with van der Waals surface area (Å²) in [5, 5.41) is 16.8. The van der Waals surface area contributed by atoms with Gasteiger partial charge in [0.15, 0.2) is 5.72 Å². The molecular formula is C33H42BrN5O4. The summed E-state index contributed by atoms with van der Waals surface area (Å²) in [4.78, 5) is 51.5. The van der Waals surface area contributed by atoms with Crippen LogP contribution in [0.5, 0.6) is 0 Å². The minimum absolute atomic E-state index is 0.0765. The normalized spacial score (nSPS) is 33.7. The number of fused-ring (bicyclic) bond motifs is 5. The molecule has 5 heterocycles. The maximum Gasteiger partial charge on any atom is 0.251 e. The zero-order valence-corrected chi connectivity index (χ0v) is 27.2. The molecule has 4 aliphatic heterocycles. The quantitative estimate of drug-likeness (QED) is 0.457. The van der Waals surface area contributed by atoms with Gasteiger partial charge in [-0.1, -0.05) is 45.9 Å². The van der Waals surface area contributed by atoms with Gasteiger partial charge in [-0.2, -0.15) is 0 Å². The Morgan fingerprint density at radius 1 is 1.23 bits per heavy atom. The van der Waals surface area contributed by atoms with Crippen LogP contribution in [0.1, 0.15) is 64.5 Å². The SMILES string of the molecule is CC(C)C[C@@H]1C(=O)N2CCC[C@H]2[C@]2(O)C[C@](NC(=O)[C@@H]3C=C4c5cccc6[nH]c(Br)c(c56)C[C@H]4N(C)C3)(C(C)C)C(=O)N12. The van der Waals surface area contributed by atoms with Crippen molar-refractivity contribution in [2.45, 2.75) is 89.2 Å². The number of aromatic amines is 1. The highest BCUT2D eigenvalue weighted by Gasteiger charge is 2.70. The predicted molar refractivity (Wildman–Crippen MR) is 168 cm³/mol. The highest BCUT2D eigenvalue weighted by molar-refractivity contribution is 9.10. The first-order chi connectivity index (χ1) is 20.4. The Labute approximate surface area is 261 Å². The molecule has 10 heteroatoms. The van der Waals surface area contributed by atoms with Crippen molar-refractivity contribution in [3.63, 3.8) is 0 Å². The Morgan fingerprint density at radius 3 is 2.72 bits per heavy atom. The fraction of sp³-hybridized carbons (Fsp3) is 0.606. The molecule has 1 aromatic carbocycles. The zero-order valence-electron chi connectivity index (χ0n) is 25.6. The third kappa shape index (κ3) is 4.05. The molecule has 3 fully saturated rings. The van der Waals surface area contributed by atoms with Gasteiger partial charge in [0, 0.05) is 36.5 Å². The minimum Gasteiger partial charge on any atom is -0.369 e. The van der Waals surface area contributed by atoms with E-state index in [1.165, 1.54) is 15.8 Å². The molecule has 2 aromatic rings. The van der Waals surface area contributed by atoms with E-state index in [1.54, 1.807) is 4.90 Å². The molecule has 0 saturated carbocycles. The van der Waals surface area contributed by atoms with Crippen molar-refractivity contribution in [3.8, 4) is 0 Å². The third-order valence-electron chi connectivity index (χ3n) is 10.9. The number of hydrogen-bond donors (Lipinski definition) is 3. The van der Waals surface area contributed by atoms with E-state index in [4.69, 9.17) is 0 Å². The molecule has 230 valence electrons. The van der Waals surface area contributed by atoms with Gasteiger partial charge in [0.05, 0.1) is 16.6 Å². The fourth-order valence-corrected chi connectivity index (χ4v) is 9.36. The van der Waals surface area contributed by atoms with Crippen LogP contribution in [0.4, 0.5) is 0 Å². The molecule has 0 radical (unpaired) electrons. The van der Waals surface area contributed by atoms with Gasteiger partial charge in [-0.3, -0.25) is 24.2 Å². The van der Waals surface area contributed by atoms with Gasteiger partial charge >= 0.3 is 0 Å². The number of aliphatic hydroxyl groups is 1. The van der Waals surface area contributed by atoms with E-state index in [-0.39, 0.29) is 42.0 Å². The van der Waals surface area contributed by atoms with Crippen molar-refractivity contribution in [3.05, 3.63) is 40.0 Å². The molecule has 43 heavy (non-hydrogen) atoms. The minimum atomic E-state index is -1.51. The highest BCUT2D eigenvalue weighted by Crippen LogP contribution is 2.50. The van der Waals surface area contributed by atoms with E-state index in [1.807, 2.05) is 33.8 Å². The number of benzene rings is 1. The van der Waals surface area contributed by atoms with Crippen molar-refractivity contribution < 1.29 is 19.5 Å². The van der Waals surface area contributed by atoms with E-state index in [2.05, 4.69) is 56.4 Å². The number of rotatable bonds is 5. The number of hydrogen-bond acceptors (Lipinski definition) is 5. The van der Waals surface area contributed by atoms with Crippen LogP contribution in [0.25, 0.3) is 16.5 Å². The molecule has 6 atom stereocenters. The van der Waals surface area contributed by atoms with Gasteiger partial charge in [0.2, 0.25) is 11.8 Å². The van der Waals surface area contributed by atoms with Gasteiger partial charge in [-0.15, -0.1) is 0 Å². The average Bonchev–Trinajstić information content (AvgIpc) is 3.63. The molecule has 0 spiro atoms. The predicted octanol–water partition coefficient (Wildman–Crippen LogP) is 3.65. The van der Waals surface area contributed by atoms with Crippen molar-refractivity contribution in [1.82, 2.24) is 25.0 Å². The summed E-state index contributed by atoms with van der Waals surface area (Å²) in [5.41, 5.74) is 1.78. The molecule has 5 aliphatic rings. The topological polar surface area (TPSA) is 109 Å². The summed E-state index contributed by atoms with van der Waals surface area (Å²) in [6, 6.07) is 5.20. The van der Waals surface area contributed by atoms with Crippen LogP contribution in [0.15, 0.2) is 28.9 Å². The number of H-pyrrole nitrogens is 1. The van der Waals surface area contributed by atoms with Crippen molar-refractivity contribution in [2.75, 3.05) is 20.1 Å². The number of piperazine rings is 1. The van der Waals surface area contributed by atoms with Crippen LogP contribution in [0.3, 0.4) is 0 Å². The lowest BCUT2D eigenvalue weighted by Crippen LogP contribution is -2.70. The van der Waals surface area contributed by atoms with Gasteiger partial charge in [-0.25, -0.2) is 0 Å². The van der Waals surface area contributed by atoms with Gasteiger partial charge in [-0.05, 0) is 83.3 Å². The maximum atomic E-state index is 14.6. The highest BCUT2D eigenvalue weighted by atomic mass is 79.9. The second-order valence-corrected chi connectivity index (χ2v) is 15.0. The average molecular weight is 653 g/mol. The molecule has 1 aromatic heterocycles. The monoisotopic (exact) mass is 651 g/mol. The summed E-state index contributed by atoms with van der Waals surface area (Å²) in [7, 11) is 2.06. The molecule has 0 unspecified atom stereocenters. The molecule has 0 bridgehead atoms. The van der Waals surface area contributed by atoms with Crippen LogP contribution < -0.4 is 5.32 Å². The van der Waals surface area contributed by atoms with Crippen LogP contribution in [-0.4, -0.2) is 92.0 Å². The summed E-state index contributed by atoms with van der Waals surface area (Å²) in [6.45, 7) is 9.04. The first-order valence-corrected chi connectivity index (χ1v) is 16.6. The van der Waals surface area contributed by atoms with Crippen LogP contribution >= 0.6 is 15.9 Å². The van der Waals surface area contributed by atoms with Crippen molar-refractivity contribution >= 4 is 50.1 Å². The standard InChI is InChI=1S/C33H42BrN5O4/c1-17(2)12-25-30(41)38-11-7-10-26(38)33(43)16-32(18(3)4,31(42)39(25)33)36-29(40)19-13-21-20-8-6-9-23-27(20)22(28(34)35-23)14-24(21)37(5)15-19/h6,8-9,13,17-19,24-26,35,43H,7,10-12,14-16H2,1-5H3,(H,36,40)/t19-,24-,25-,26+,32+,33-/m1/s1. The van der Waals surface area contributed by atoms with E-state index >= 15 is 0 Å². The van der Waals surface area contributed by atoms with E-state index in [0.29, 0.717) is 25.9 Å². The number of likely N-dealkylation sites (N-methyl/N-ethyl adjacent to an activating group) is 1. The Morgan fingerprint density at radius 2 is 2.00 bits per heavy atom. The lowest BCUT2D eigenvalue weighted by Gasteiger charge is -2.51. The molecule has 1 aliphatic carbocycles. The lowest BCUT2D eigenvalue weighted by atomic mass is 9.78. The molecular weight excluding hydrogens is 610 g/mol. The first kappa shape index (κ1) is 29.0. The Kier molecular flexibility index (Phi) is 6.69. The Balaban J connectivity index is 1.25. The number of nitrogens with zero attached hydrogens (tertiary/aromatic N) is 3. The van der Waals surface area contributed by atoms with Gasteiger partial charge in [0.1, 0.15) is 11.6 Å². The third-order valence-corrected chi connectivity index (χ3v) is 11.6. The fourth-order valence-electron chi connectivity index (χ4n) is 8.78. The summed E-state index contributed by atoms with van der Waals surface area (Å²) < 4.78 is 1.00. The summed E-state index contributed by atoms with van der Waals surface area (Å²) in [6.07, 6.45) is 4.93. The largest absolute Gasteiger partial charge is 0.369 e. The Bertz CT molecular complexity index is 1570. The number of aromatic nitrogens is 1. The maximum absolute atomic E-state index is 14.6. The molecule has 3 saturated heterocycles. The number of carbonyl (C=O) groups excluding carboxylic acids is 3. The first-order valence-electron chi connectivity index (χ1n) is 15.8. The molecule has 7 rings (SSSR count). The molecule has 3 N–H and O–H groups in total. The second-order valence-electron chi connectivity index (χ2n) is 14.2. The number of nitrogens with one attached hydrogen (secondary N) is 2. The lowest BCUT2D eigenvalue weighted by molar-refractivity contribution is -0.198. The van der Waals surface area contributed by atoms with E-state index in [0.717, 1.165) is 34.1 Å². The number of carbonyl (C=O) groups is 3. The van der Waals surface area contributed by atoms with Crippen LogP contribution in [-0.2, 0) is 20.8 Å². The van der Waals surface area contributed by atoms with Gasteiger partial charge < -0.3 is 20.3 Å². The van der Waals surface area contributed by atoms with E-state index in [9.17, 15) is 19.5 Å². The number of halogens is 1. The van der Waals surface area contributed by atoms with Gasteiger partial charge in [0.25, 0.3) is 5.91 Å². The molecule has 3 amide bonds. The molecule has 9 nitrogen and oxygen atoms in total. The zero-order chi connectivity index (χ0) is 30.6. The smallest absolute Gasteiger partial charge is 0.251 e. The number of amides is 3. The Hall–Kier alpha value is -2.69. The van der Waals surface area contributed by atoms with Crippen LogP contribution in [0, 0.1) is 17.8 Å². The van der Waals surface area contributed by atoms with Crippen molar-refractivity contribution in [2.24, 2.45) is 17.8 Å². The van der Waals surface area contributed by atoms with Crippen LogP contribution in [0.2, 0.25) is 0 Å². The van der Waals surface area contributed by atoms with E-state index < -0.39 is 29.3 Å². The summed E-state index contributed by atoms with van der Waals surface area (Å²) >= 11 is 3.71. The summed E-state index contributed by atoms with van der Waals surface area (Å²) in [5.74, 6) is -1.22.